The Morgan fingerprint density at radius 1 is 0.476 bits per heavy atom. The van der Waals surface area contributed by atoms with Crippen LogP contribution in [0.3, 0.4) is 0 Å². The molecule has 0 saturated heterocycles. The molecule has 252 valence electrons. The van der Waals surface area contributed by atoms with E-state index in [9.17, 15) is 0 Å². The number of nitrogens with two attached hydrogens (primary N) is 3. The normalized spacial score (nSPS) is 8.29. The summed E-state index contributed by atoms with van der Waals surface area (Å²) in [6.45, 7) is 25.7. The van der Waals surface area contributed by atoms with Gasteiger partial charge < -0.3 is 46.1 Å². The van der Waals surface area contributed by atoms with Gasteiger partial charge in [0.05, 0.1) is 19.8 Å². The highest BCUT2D eigenvalue weighted by Gasteiger charge is 2.04. The van der Waals surface area contributed by atoms with Gasteiger partial charge in [0.1, 0.15) is 0 Å². The summed E-state index contributed by atoms with van der Waals surface area (Å²) in [5, 5.41) is -0.0625. The third kappa shape index (κ3) is 54.6. The van der Waals surface area contributed by atoms with Crippen LogP contribution in [0.2, 0.25) is 0 Å². The van der Waals surface area contributed by atoms with Crippen molar-refractivity contribution in [2.45, 2.75) is 62.3 Å². The van der Waals surface area contributed by atoms with Crippen LogP contribution in [0.15, 0.2) is 0 Å². The number of thiocarbonyl (C=S) groups is 3. The molecule has 12 nitrogen and oxygen atoms in total. The lowest BCUT2D eigenvalue weighted by atomic mass is 10.6. The zero-order valence-corrected chi connectivity index (χ0v) is 31.6. The van der Waals surface area contributed by atoms with Gasteiger partial charge in [-0.1, -0.05) is 37.9 Å². The van der Waals surface area contributed by atoms with E-state index in [0.29, 0.717) is 35.3 Å². The number of thiol groups is 3. The van der Waals surface area contributed by atoms with Crippen LogP contribution < -0.4 is 17.2 Å². The molecule has 0 unspecified atom stereocenters. The molecule has 0 saturated carbocycles. The van der Waals surface area contributed by atoms with Gasteiger partial charge in [0.15, 0.2) is 0 Å². The Labute approximate surface area is 286 Å². The summed E-state index contributed by atoms with van der Waals surface area (Å²) in [6.07, 6.45) is 0. The molecule has 0 aliphatic carbocycles. The van der Waals surface area contributed by atoms with Crippen molar-refractivity contribution in [1.29, 1.82) is 0 Å². The second kappa shape index (κ2) is 41.7. The molecule has 0 bridgehead atoms. The van der Waals surface area contributed by atoms with Gasteiger partial charge >= 0.3 is 0 Å². The van der Waals surface area contributed by atoms with E-state index in [2.05, 4.69) is 96.6 Å². The molecule has 0 heterocycles. The third-order valence-electron chi connectivity index (χ3n) is 3.87. The third-order valence-corrected chi connectivity index (χ3v) is 5.00. The molecule has 6 N–H and O–H groups in total. The quantitative estimate of drug-likeness (QED) is 0.141. The van der Waals surface area contributed by atoms with E-state index in [-0.39, 0.29) is 0 Å². The van der Waals surface area contributed by atoms with Crippen molar-refractivity contribution in [3.8, 4) is 0 Å². The van der Waals surface area contributed by atoms with Gasteiger partial charge in [0.25, 0.3) is 31.2 Å². The Hall–Kier alpha value is -1.47. The minimum absolute atomic E-state index is 0.618. The van der Waals surface area contributed by atoms with Crippen molar-refractivity contribution in [3.63, 3.8) is 0 Å². The molecule has 0 aromatic heterocycles. The number of hydrogen-bond donors (Lipinski definition) is 6. The Morgan fingerprint density at radius 3 is 0.667 bits per heavy atom. The molecule has 0 rings (SSSR count). The summed E-state index contributed by atoms with van der Waals surface area (Å²) < 4.78 is 15.4. The van der Waals surface area contributed by atoms with Crippen LogP contribution in [0.25, 0.3) is 0 Å². The molecule has 3 amide bonds. The van der Waals surface area contributed by atoms with Gasteiger partial charge in [-0.3, -0.25) is 14.4 Å². The lowest BCUT2D eigenvalue weighted by Crippen LogP contribution is -2.30. The second-order valence-corrected chi connectivity index (χ2v) is 9.00. The predicted octanol–water partition coefficient (Wildman–Crippen LogP) is 4.93. The Morgan fingerprint density at radius 2 is 0.595 bits per heavy atom. The summed E-state index contributed by atoms with van der Waals surface area (Å²) in [6, 6.07) is 0. The van der Waals surface area contributed by atoms with Gasteiger partial charge in [-0.05, 0) is 99.0 Å². The standard InChI is InChI=1S/3C7H15NOS.3CH3NOS/c3*1-4-8(5-2)7(10)9-6-3;3*2-1(3)4/h3*4-6H2,1-3H3;3*(H3,2,3,4). The first-order valence-corrected chi connectivity index (χ1v) is 15.7. The van der Waals surface area contributed by atoms with Crippen LogP contribution in [0.5, 0.6) is 0 Å². The van der Waals surface area contributed by atoms with Crippen LogP contribution >= 0.6 is 74.5 Å². The SMILES string of the molecule is CCOC(=S)N(CC)CC.CCOC(=S)N(CC)CC.CCOC(=S)N(CC)CC.NC(=O)S.NC(=O)S.NC(=O)S. The highest BCUT2D eigenvalue weighted by molar-refractivity contribution is 7.96. The van der Waals surface area contributed by atoms with Crippen molar-refractivity contribution in [3.05, 3.63) is 0 Å². The molecule has 0 spiro atoms. The summed E-state index contributed by atoms with van der Waals surface area (Å²) in [5.41, 5.74) is 13.0. The van der Waals surface area contributed by atoms with E-state index in [4.69, 9.17) is 65.2 Å². The van der Waals surface area contributed by atoms with Gasteiger partial charge in [0, 0.05) is 39.3 Å². The minimum atomic E-state index is -0.639. The van der Waals surface area contributed by atoms with E-state index in [1.165, 1.54) is 0 Å². The summed E-state index contributed by atoms with van der Waals surface area (Å²) >= 11 is 24.2. The first kappa shape index (κ1) is 53.1. The van der Waals surface area contributed by atoms with Crippen LogP contribution in [0.4, 0.5) is 14.4 Å². The van der Waals surface area contributed by atoms with Crippen molar-refractivity contribution in [2.24, 2.45) is 17.2 Å². The van der Waals surface area contributed by atoms with E-state index in [1.807, 2.05) is 35.5 Å². The molecule has 0 aromatic rings. The van der Waals surface area contributed by atoms with Crippen LogP contribution in [0.1, 0.15) is 62.3 Å². The summed E-state index contributed by atoms with van der Waals surface area (Å²) in [7, 11) is 0. The van der Waals surface area contributed by atoms with Crippen LogP contribution in [-0.4, -0.2) is 105 Å². The average molecular weight is 715 g/mol. The second-order valence-electron chi connectivity index (χ2n) is 6.63. The Bertz CT molecular complexity index is 597. The van der Waals surface area contributed by atoms with Gasteiger partial charge in [-0.25, -0.2) is 0 Å². The van der Waals surface area contributed by atoms with Gasteiger partial charge in [0.2, 0.25) is 0 Å². The maximum absolute atomic E-state index is 9.09. The maximum Gasteiger partial charge on any atom is 0.273 e. The van der Waals surface area contributed by atoms with Crippen LogP contribution in [0, 0.1) is 0 Å². The topological polar surface area (TPSA) is 167 Å². The highest BCUT2D eigenvalue weighted by Crippen LogP contribution is 1.94. The van der Waals surface area contributed by atoms with E-state index in [0.717, 1.165) is 39.3 Å². The number of carbonyl (C=O) groups excluding carboxylic acids is 3. The molecule has 0 atom stereocenters. The highest BCUT2D eigenvalue weighted by atomic mass is 32.1. The van der Waals surface area contributed by atoms with Crippen molar-refractivity contribution in [2.75, 3.05) is 59.1 Å². The maximum atomic E-state index is 9.09. The molecule has 0 aliphatic rings. The van der Waals surface area contributed by atoms with Crippen molar-refractivity contribution in [1.82, 2.24) is 14.7 Å². The zero-order valence-electron chi connectivity index (χ0n) is 26.5. The smallest absolute Gasteiger partial charge is 0.273 e. The number of ether oxygens (including phenoxy) is 3. The van der Waals surface area contributed by atoms with E-state index < -0.39 is 15.7 Å². The monoisotopic (exact) mass is 714 g/mol. The molecular formula is C24H54N6O6S6. The number of carbonyl (C=O) groups is 3. The zero-order chi connectivity index (χ0) is 34.7. The largest absolute Gasteiger partial charge is 0.471 e. The lowest BCUT2D eigenvalue weighted by molar-refractivity contribution is 0.263. The first-order valence-electron chi connectivity index (χ1n) is 13.2. The minimum Gasteiger partial charge on any atom is -0.471 e. The van der Waals surface area contributed by atoms with Crippen molar-refractivity contribution >= 4 is 106 Å². The van der Waals surface area contributed by atoms with E-state index in [1.54, 1.807) is 0 Å². The van der Waals surface area contributed by atoms with Crippen molar-refractivity contribution < 1.29 is 28.6 Å². The average Bonchev–Trinajstić information content (AvgIpc) is 2.87. The number of nitrogens with zero attached hydrogens (tertiary/aromatic N) is 3. The number of amides is 3. The van der Waals surface area contributed by atoms with Gasteiger partial charge in [-0.2, -0.15) is 0 Å². The first-order chi connectivity index (χ1) is 19.5. The molecule has 42 heavy (non-hydrogen) atoms. The fourth-order valence-electron chi connectivity index (χ4n) is 2.09. The Balaban J connectivity index is -0.0000000973. The Kier molecular flexibility index (Phi) is 52.7. The molecule has 0 fully saturated rings. The lowest BCUT2D eigenvalue weighted by Gasteiger charge is -2.20. The fourth-order valence-corrected chi connectivity index (χ4v) is 3.22. The van der Waals surface area contributed by atoms with Gasteiger partial charge in [-0.15, -0.1) is 0 Å². The summed E-state index contributed by atoms with van der Waals surface area (Å²) in [5.74, 6) is 0. The molecular weight excluding hydrogens is 661 g/mol. The van der Waals surface area contributed by atoms with Crippen LogP contribution in [-0.2, 0) is 14.2 Å². The van der Waals surface area contributed by atoms with E-state index >= 15 is 0 Å². The molecule has 0 radical (unpaired) electrons. The molecule has 0 aliphatic heterocycles. The summed E-state index contributed by atoms with van der Waals surface area (Å²) in [4.78, 5) is 33.3. The fraction of sp³-hybridized carbons (Fsp3) is 0.750. The molecule has 18 heteroatoms. The number of rotatable bonds is 9. The molecule has 0 aromatic carbocycles. The predicted molar refractivity (Wildman–Crippen MR) is 197 cm³/mol. The number of hydrogen-bond acceptors (Lipinski definition) is 9. The number of primary amides is 3.